The lowest BCUT2D eigenvalue weighted by atomic mass is 10.1. The Morgan fingerprint density at radius 3 is 2.79 bits per heavy atom. The zero-order valence-electron chi connectivity index (χ0n) is 7.72. The Hall–Kier alpha value is -1.32. The molecule has 2 rings (SSSR count). The van der Waals surface area contributed by atoms with Gasteiger partial charge in [-0.25, -0.2) is 0 Å². The lowest BCUT2D eigenvalue weighted by Crippen LogP contribution is -2.26. The second-order valence-electron chi connectivity index (χ2n) is 3.16. The Morgan fingerprint density at radius 1 is 1.29 bits per heavy atom. The lowest BCUT2D eigenvalue weighted by Gasteiger charge is -2.06. The second kappa shape index (κ2) is 3.12. The first-order chi connectivity index (χ1) is 6.62. The Kier molecular flexibility index (Phi) is 2.06. The standard InChI is InChI=1S/C10H10F2O2/c1-2-4-7-5-3-6-8-9(7)14-10(11,12)13-8/h3,5-6H,2,4H2,1H3. The Labute approximate surface area is 80.4 Å². The summed E-state index contributed by atoms with van der Waals surface area (Å²) in [6.45, 7) is 1.98. The minimum absolute atomic E-state index is 0.126. The number of halogens is 2. The van der Waals surface area contributed by atoms with E-state index < -0.39 is 6.29 Å². The number of alkyl halides is 2. The van der Waals surface area contributed by atoms with Crippen LogP contribution in [0.5, 0.6) is 11.5 Å². The molecular weight excluding hydrogens is 190 g/mol. The number of rotatable bonds is 2. The first-order valence-electron chi connectivity index (χ1n) is 4.50. The molecule has 14 heavy (non-hydrogen) atoms. The number of hydrogen-bond donors (Lipinski definition) is 0. The third-order valence-corrected chi connectivity index (χ3v) is 2.03. The molecule has 0 spiro atoms. The number of aryl methyl sites for hydroxylation is 1. The molecule has 0 unspecified atom stereocenters. The zero-order chi connectivity index (χ0) is 10.2. The minimum Gasteiger partial charge on any atom is -0.395 e. The van der Waals surface area contributed by atoms with E-state index in [1.54, 1.807) is 12.1 Å². The van der Waals surface area contributed by atoms with Gasteiger partial charge in [-0.15, -0.1) is 8.78 Å². The number of benzene rings is 1. The van der Waals surface area contributed by atoms with Gasteiger partial charge in [0.15, 0.2) is 11.5 Å². The van der Waals surface area contributed by atoms with E-state index in [9.17, 15) is 8.78 Å². The van der Waals surface area contributed by atoms with Crippen molar-refractivity contribution in [3.63, 3.8) is 0 Å². The van der Waals surface area contributed by atoms with Crippen LogP contribution < -0.4 is 9.47 Å². The fourth-order valence-electron chi connectivity index (χ4n) is 1.49. The average Bonchev–Trinajstić information content (AvgIpc) is 2.41. The Morgan fingerprint density at radius 2 is 2.07 bits per heavy atom. The summed E-state index contributed by atoms with van der Waals surface area (Å²) in [4.78, 5) is 0. The summed E-state index contributed by atoms with van der Waals surface area (Å²) in [6, 6.07) is 4.94. The Balaban J connectivity index is 2.36. The first-order valence-corrected chi connectivity index (χ1v) is 4.50. The van der Waals surface area contributed by atoms with Crippen LogP contribution in [0.1, 0.15) is 18.9 Å². The fourth-order valence-corrected chi connectivity index (χ4v) is 1.49. The summed E-state index contributed by atoms with van der Waals surface area (Å²) in [5, 5.41) is 0. The van der Waals surface area contributed by atoms with Crippen LogP contribution in [0.25, 0.3) is 0 Å². The van der Waals surface area contributed by atoms with Crippen molar-refractivity contribution in [2.24, 2.45) is 0 Å². The highest BCUT2D eigenvalue weighted by Gasteiger charge is 2.44. The highest BCUT2D eigenvalue weighted by atomic mass is 19.3. The molecule has 0 atom stereocenters. The normalized spacial score (nSPS) is 17.1. The third-order valence-electron chi connectivity index (χ3n) is 2.03. The number of fused-ring (bicyclic) bond motifs is 1. The highest BCUT2D eigenvalue weighted by Crippen LogP contribution is 2.43. The van der Waals surface area contributed by atoms with Gasteiger partial charge in [0.1, 0.15) is 0 Å². The van der Waals surface area contributed by atoms with E-state index in [0.29, 0.717) is 6.42 Å². The predicted octanol–water partition coefficient (Wildman–Crippen LogP) is 2.96. The molecule has 1 aliphatic heterocycles. The van der Waals surface area contributed by atoms with Crippen molar-refractivity contribution in [2.75, 3.05) is 0 Å². The molecule has 4 heteroatoms. The van der Waals surface area contributed by atoms with E-state index in [-0.39, 0.29) is 11.5 Å². The van der Waals surface area contributed by atoms with E-state index >= 15 is 0 Å². The summed E-state index contributed by atoms with van der Waals surface area (Å²) >= 11 is 0. The van der Waals surface area contributed by atoms with Crippen LogP contribution in [0.3, 0.4) is 0 Å². The van der Waals surface area contributed by atoms with Gasteiger partial charge in [-0.1, -0.05) is 25.5 Å². The van der Waals surface area contributed by atoms with E-state index in [1.165, 1.54) is 6.07 Å². The van der Waals surface area contributed by atoms with Crippen LogP contribution in [0, 0.1) is 0 Å². The third kappa shape index (κ3) is 1.52. The summed E-state index contributed by atoms with van der Waals surface area (Å²) in [5.74, 6) is 0.306. The van der Waals surface area contributed by atoms with Gasteiger partial charge in [0.2, 0.25) is 0 Å². The van der Waals surface area contributed by atoms with Crippen molar-refractivity contribution >= 4 is 0 Å². The second-order valence-corrected chi connectivity index (χ2v) is 3.16. The van der Waals surface area contributed by atoms with Crippen molar-refractivity contribution in [3.8, 4) is 11.5 Å². The van der Waals surface area contributed by atoms with E-state index in [4.69, 9.17) is 0 Å². The molecule has 0 aliphatic carbocycles. The van der Waals surface area contributed by atoms with Crippen LogP contribution in [0.15, 0.2) is 18.2 Å². The molecule has 0 bridgehead atoms. The fraction of sp³-hybridized carbons (Fsp3) is 0.400. The van der Waals surface area contributed by atoms with Gasteiger partial charge in [0, 0.05) is 0 Å². The molecule has 0 saturated heterocycles. The maximum atomic E-state index is 12.7. The van der Waals surface area contributed by atoms with Gasteiger partial charge in [0.05, 0.1) is 0 Å². The van der Waals surface area contributed by atoms with Gasteiger partial charge >= 0.3 is 6.29 Å². The molecule has 2 nitrogen and oxygen atoms in total. The van der Waals surface area contributed by atoms with E-state index in [2.05, 4.69) is 9.47 Å². The lowest BCUT2D eigenvalue weighted by molar-refractivity contribution is -0.286. The van der Waals surface area contributed by atoms with Crippen molar-refractivity contribution in [1.29, 1.82) is 0 Å². The van der Waals surface area contributed by atoms with Crippen molar-refractivity contribution < 1.29 is 18.3 Å². The molecule has 0 amide bonds. The van der Waals surface area contributed by atoms with Gasteiger partial charge in [-0.3, -0.25) is 0 Å². The van der Waals surface area contributed by atoms with Crippen LogP contribution in [0.2, 0.25) is 0 Å². The molecule has 1 aromatic carbocycles. The first kappa shape index (κ1) is 9.24. The number of ether oxygens (including phenoxy) is 2. The monoisotopic (exact) mass is 200 g/mol. The van der Waals surface area contributed by atoms with Crippen molar-refractivity contribution in [1.82, 2.24) is 0 Å². The molecule has 0 aromatic heterocycles. The molecular formula is C10H10F2O2. The molecule has 1 aromatic rings. The van der Waals surface area contributed by atoms with Crippen molar-refractivity contribution in [2.45, 2.75) is 26.1 Å². The summed E-state index contributed by atoms with van der Waals surface area (Å²) < 4.78 is 34.2. The largest absolute Gasteiger partial charge is 0.586 e. The molecule has 0 N–H and O–H groups in total. The Bertz CT molecular complexity index is 350. The van der Waals surface area contributed by atoms with Gasteiger partial charge in [0.25, 0.3) is 0 Å². The molecule has 0 radical (unpaired) electrons. The zero-order valence-corrected chi connectivity index (χ0v) is 7.72. The smallest absolute Gasteiger partial charge is 0.395 e. The van der Waals surface area contributed by atoms with E-state index in [1.807, 2.05) is 6.92 Å². The van der Waals surface area contributed by atoms with Gasteiger partial charge < -0.3 is 9.47 Å². The molecule has 76 valence electrons. The van der Waals surface area contributed by atoms with Crippen molar-refractivity contribution in [3.05, 3.63) is 23.8 Å². The summed E-state index contributed by atoms with van der Waals surface area (Å²) in [7, 11) is 0. The maximum Gasteiger partial charge on any atom is 0.586 e. The molecule has 1 heterocycles. The number of para-hydroxylation sites is 1. The highest BCUT2D eigenvalue weighted by molar-refractivity contribution is 5.48. The SMILES string of the molecule is CCCc1cccc2c1OC(F)(F)O2. The topological polar surface area (TPSA) is 18.5 Å². The predicted molar refractivity (Wildman–Crippen MR) is 46.6 cm³/mol. The van der Waals surface area contributed by atoms with Crippen LogP contribution in [-0.2, 0) is 6.42 Å². The number of hydrogen-bond acceptors (Lipinski definition) is 2. The molecule has 0 fully saturated rings. The molecule has 1 aliphatic rings. The minimum atomic E-state index is -3.51. The summed E-state index contributed by atoms with van der Waals surface area (Å²) in [5.41, 5.74) is 0.766. The van der Waals surface area contributed by atoms with Crippen LogP contribution in [0.4, 0.5) is 8.78 Å². The van der Waals surface area contributed by atoms with E-state index in [0.717, 1.165) is 12.0 Å². The quantitative estimate of drug-likeness (QED) is 0.730. The van der Waals surface area contributed by atoms with Crippen LogP contribution in [-0.4, -0.2) is 6.29 Å². The maximum absolute atomic E-state index is 12.7. The molecule has 0 saturated carbocycles. The van der Waals surface area contributed by atoms with Gasteiger partial charge in [-0.2, -0.15) is 0 Å². The summed E-state index contributed by atoms with van der Waals surface area (Å²) in [6.07, 6.45) is -1.92. The van der Waals surface area contributed by atoms with Gasteiger partial charge in [-0.05, 0) is 18.1 Å². The average molecular weight is 200 g/mol. The van der Waals surface area contributed by atoms with Crippen LogP contribution >= 0.6 is 0 Å².